The summed E-state index contributed by atoms with van der Waals surface area (Å²) in [4.78, 5) is 5.01. The second-order valence-electron chi connectivity index (χ2n) is 6.03. The first kappa shape index (κ1) is 15.3. The van der Waals surface area contributed by atoms with E-state index < -0.39 is 0 Å². The van der Waals surface area contributed by atoms with E-state index in [1.165, 1.54) is 37.3 Å². The van der Waals surface area contributed by atoms with Crippen molar-refractivity contribution in [3.05, 3.63) is 24.4 Å². The lowest BCUT2D eigenvalue weighted by molar-refractivity contribution is 0.156. The minimum atomic E-state index is 0.776. The maximum atomic E-state index is 4.24. The Kier molecular flexibility index (Phi) is 6.48. The predicted octanol–water partition coefficient (Wildman–Crippen LogP) is 3.52. The Morgan fingerprint density at radius 3 is 2.17 bits per heavy atom. The van der Waals surface area contributed by atoms with Gasteiger partial charge in [-0.25, -0.2) is 0 Å². The molecule has 0 N–H and O–H groups in total. The number of hydrogen-bond acceptors (Lipinski definition) is 2. The molecule has 0 aromatic heterocycles. The Morgan fingerprint density at radius 2 is 1.67 bits per heavy atom. The van der Waals surface area contributed by atoms with Crippen molar-refractivity contribution in [3.8, 4) is 0 Å². The molecular weight excluding hydrogens is 220 g/mol. The van der Waals surface area contributed by atoms with Crippen LogP contribution in [0.5, 0.6) is 0 Å². The smallest absolute Gasteiger partial charge is 0.0303 e. The summed E-state index contributed by atoms with van der Waals surface area (Å²) in [5.41, 5.74) is 2.63. The zero-order valence-electron chi connectivity index (χ0n) is 12.5. The van der Waals surface area contributed by atoms with Gasteiger partial charge < -0.3 is 4.90 Å². The van der Waals surface area contributed by atoms with Crippen molar-refractivity contribution in [2.45, 2.75) is 40.0 Å². The second kappa shape index (κ2) is 7.63. The van der Waals surface area contributed by atoms with Gasteiger partial charge in [-0.15, -0.1) is 6.58 Å². The van der Waals surface area contributed by atoms with E-state index in [0.717, 1.165) is 31.8 Å². The van der Waals surface area contributed by atoms with Crippen LogP contribution in [0.3, 0.4) is 0 Å². The Morgan fingerprint density at radius 1 is 1.06 bits per heavy atom. The van der Waals surface area contributed by atoms with Crippen LogP contribution in [0.15, 0.2) is 24.4 Å². The van der Waals surface area contributed by atoms with Crippen molar-refractivity contribution < 1.29 is 0 Å². The lowest BCUT2D eigenvalue weighted by Gasteiger charge is -2.37. The number of hydrogen-bond donors (Lipinski definition) is 0. The third kappa shape index (κ3) is 5.72. The summed E-state index contributed by atoms with van der Waals surface area (Å²) in [6, 6.07) is 0. The minimum absolute atomic E-state index is 0.776. The van der Waals surface area contributed by atoms with E-state index in [-0.39, 0.29) is 0 Å². The Balaban J connectivity index is 2.22. The highest BCUT2D eigenvalue weighted by Crippen LogP contribution is 2.16. The topological polar surface area (TPSA) is 6.48 Å². The minimum Gasteiger partial charge on any atom is -0.373 e. The average molecular weight is 250 g/mol. The first-order valence-electron chi connectivity index (χ1n) is 7.28. The van der Waals surface area contributed by atoms with Crippen molar-refractivity contribution >= 4 is 0 Å². The van der Waals surface area contributed by atoms with Crippen molar-refractivity contribution in [3.63, 3.8) is 0 Å². The standard InChI is InChI=1S/C16H30N2/c1-14(2)6-7-16(5)18-12-10-17(11-13-18)9-8-15(3)4/h14H,3,5-13H2,1-2,4H3. The molecule has 18 heavy (non-hydrogen) atoms. The highest BCUT2D eigenvalue weighted by molar-refractivity contribution is 4.97. The van der Waals surface area contributed by atoms with Crippen LogP contribution in [-0.2, 0) is 0 Å². The average Bonchev–Trinajstić information content (AvgIpc) is 2.34. The fraction of sp³-hybridized carbons (Fsp3) is 0.750. The van der Waals surface area contributed by atoms with Crippen molar-refractivity contribution in [2.24, 2.45) is 5.92 Å². The van der Waals surface area contributed by atoms with Gasteiger partial charge in [0.2, 0.25) is 0 Å². The van der Waals surface area contributed by atoms with E-state index in [4.69, 9.17) is 0 Å². The molecule has 0 amide bonds. The van der Waals surface area contributed by atoms with Crippen molar-refractivity contribution in [1.82, 2.24) is 9.80 Å². The van der Waals surface area contributed by atoms with Gasteiger partial charge >= 0.3 is 0 Å². The number of allylic oxidation sites excluding steroid dienone is 1. The largest absolute Gasteiger partial charge is 0.373 e. The van der Waals surface area contributed by atoms with E-state index in [1.54, 1.807) is 0 Å². The molecule has 1 fully saturated rings. The molecule has 1 aliphatic rings. The molecule has 0 atom stereocenters. The van der Waals surface area contributed by atoms with E-state index in [0.29, 0.717) is 0 Å². The maximum absolute atomic E-state index is 4.24. The molecule has 0 aromatic rings. The third-order valence-corrected chi connectivity index (χ3v) is 3.68. The molecule has 2 heteroatoms. The maximum Gasteiger partial charge on any atom is 0.0303 e. The van der Waals surface area contributed by atoms with Crippen LogP contribution in [0.1, 0.15) is 40.0 Å². The van der Waals surface area contributed by atoms with Gasteiger partial charge in [0.1, 0.15) is 0 Å². The molecule has 0 saturated carbocycles. The SMILES string of the molecule is C=C(C)CCN1CCN(C(=C)CCC(C)C)CC1. The van der Waals surface area contributed by atoms with Crippen LogP contribution >= 0.6 is 0 Å². The summed E-state index contributed by atoms with van der Waals surface area (Å²) in [7, 11) is 0. The van der Waals surface area contributed by atoms with Crippen LogP contribution in [0, 0.1) is 5.92 Å². The second-order valence-corrected chi connectivity index (χ2v) is 6.03. The molecule has 1 rings (SSSR count). The molecule has 0 bridgehead atoms. The summed E-state index contributed by atoms with van der Waals surface area (Å²) < 4.78 is 0. The molecule has 104 valence electrons. The summed E-state index contributed by atoms with van der Waals surface area (Å²) in [6.07, 6.45) is 3.55. The Hall–Kier alpha value is -0.760. The third-order valence-electron chi connectivity index (χ3n) is 3.68. The lowest BCUT2D eigenvalue weighted by Crippen LogP contribution is -2.45. The van der Waals surface area contributed by atoms with Crippen LogP contribution < -0.4 is 0 Å². The fourth-order valence-electron chi connectivity index (χ4n) is 2.25. The summed E-state index contributed by atoms with van der Waals surface area (Å²) >= 11 is 0. The normalized spacial score (nSPS) is 17.2. The quantitative estimate of drug-likeness (QED) is 0.638. The van der Waals surface area contributed by atoms with E-state index >= 15 is 0 Å². The predicted molar refractivity (Wildman–Crippen MR) is 80.7 cm³/mol. The summed E-state index contributed by atoms with van der Waals surface area (Å²) in [5, 5.41) is 0. The first-order valence-corrected chi connectivity index (χ1v) is 7.28. The van der Waals surface area contributed by atoms with E-state index in [2.05, 4.69) is 43.7 Å². The number of piperazine rings is 1. The molecule has 0 radical (unpaired) electrons. The highest BCUT2D eigenvalue weighted by Gasteiger charge is 2.17. The Labute approximate surface area is 113 Å². The van der Waals surface area contributed by atoms with E-state index in [9.17, 15) is 0 Å². The molecule has 0 aliphatic carbocycles. The molecule has 2 nitrogen and oxygen atoms in total. The van der Waals surface area contributed by atoms with Gasteiger partial charge in [0.05, 0.1) is 0 Å². The van der Waals surface area contributed by atoms with Crippen molar-refractivity contribution in [2.75, 3.05) is 32.7 Å². The van der Waals surface area contributed by atoms with E-state index in [1.807, 2.05) is 0 Å². The highest BCUT2D eigenvalue weighted by atomic mass is 15.3. The monoisotopic (exact) mass is 250 g/mol. The molecule has 0 aromatic carbocycles. The first-order chi connectivity index (χ1) is 8.49. The lowest BCUT2D eigenvalue weighted by atomic mass is 10.1. The fourth-order valence-corrected chi connectivity index (χ4v) is 2.25. The van der Waals surface area contributed by atoms with Crippen molar-refractivity contribution in [1.29, 1.82) is 0 Å². The zero-order valence-corrected chi connectivity index (χ0v) is 12.5. The number of nitrogens with zero attached hydrogens (tertiary/aromatic N) is 2. The van der Waals surface area contributed by atoms with Crippen LogP contribution in [-0.4, -0.2) is 42.5 Å². The molecule has 1 saturated heterocycles. The van der Waals surface area contributed by atoms with Crippen LogP contribution in [0.25, 0.3) is 0 Å². The van der Waals surface area contributed by atoms with Gasteiger partial charge in [0.15, 0.2) is 0 Å². The summed E-state index contributed by atoms with van der Waals surface area (Å²) in [6.45, 7) is 20.7. The van der Waals surface area contributed by atoms with Crippen LogP contribution in [0.2, 0.25) is 0 Å². The zero-order chi connectivity index (χ0) is 13.5. The molecule has 1 heterocycles. The van der Waals surface area contributed by atoms with Gasteiger partial charge in [-0.2, -0.15) is 0 Å². The van der Waals surface area contributed by atoms with Gasteiger partial charge in [0, 0.05) is 38.4 Å². The van der Waals surface area contributed by atoms with Gasteiger partial charge in [0.25, 0.3) is 0 Å². The van der Waals surface area contributed by atoms with Crippen LogP contribution in [0.4, 0.5) is 0 Å². The van der Waals surface area contributed by atoms with Gasteiger partial charge in [-0.3, -0.25) is 4.90 Å². The molecule has 0 spiro atoms. The molecule has 0 unspecified atom stereocenters. The molecular formula is C16H30N2. The van der Waals surface area contributed by atoms with Gasteiger partial charge in [-0.1, -0.05) is 26.0 Å². The number of rotatable bonds is 7. The summed E-state index contributed by atoms with van der Waals surface area (Å²) in [5.74, 6) is 0.776. The molecule has 1 aliphatic heterocycles. The Bertz CT molecular complexity index is 273. The van der Waals surface area contributed by atoms with Gasteiger partial charge in [-0.05, 0) is 32.1 Å².